The van der Waals surface area contributed by atoms with Crippen LogP contribution in [0, 0.1) is 6.92 Å². The van der Waals surface area contributed by atoms with Gasteiger partial charge in [-0.2, -0.15) is 0 Å². The highest BCUT2D eigenvalue weighted by Crippen LogP contribution is 2.30. The van der Waals surface area contributed by atoms with Crippen molar-refractivity contribution < 1.29 is 0 Å². The molecule has 0 radical (unpaired) electrons. The summed E-state index contributed by atoms with van der Waals surface area (Å²) < 4.78 is 0. The highest BCUT2D eigenvalue weighted by atomic mass is 32.1. The number of nitrogens with one attached hydrogen (secondary N) is 1. The van der Waals surface area contributed by atoms with E-state index in [1.807, 2.05) is 5.38 Å². The van der Waals surface area contributed by atoms with Crippen LogP contribution in [0.2, 0.25) is 0 Å². The fourth-order valence-electron chi connectivity index (χ4n) is 2.98. The van der Waals surface area contributed by atoms with Gasteiger partial charge in [-0.15, -0.1) is 11.3 Å². The Morgan fingerprint density at radius 1 is 1.14 bits per heavy atom. The molecule has 1 fully saturated rings. The van der Waals surface area contributed by atoms with Crippen LogP contribution in [0.1, 0.15) is 18.4 Å². The number of nitrogens with zero attached hydrogens (tertiary/aromatic N) is 3. The van der Waals surface area contributed by atoms with Crippen LogP contribution >= 0.6 is 11.3 Å². The van der Waals surface area contributed by atoms with Crippen molar-refractivity contribution in [2.24, 2.45) is 0 Å². The SMILES string of the molecule is Cc1cc(N2CCCC2)ccc1Nc1ncnc2sccc12. The standard InChI is InChI=1S/C17H18N4S/c1-12-10-13(21-7-2-3-8-21)4-5-15(12)20-16-14-6-9-22-17(14)19-11-18-16/h4-6,9-11H,2-3,7-8H2,1H3,(H,18,19,20). The minimum atomic E-state index is 0.878. The maximum absolute atomic E-state index is 4.39. The third kappa shape index (κ3) is 2.41. The van der Waals surface area contributed by atoms with Crippen LogP contribution < -0.4 is 10.2 Å². The van der Waals surface area contributed by atoms with Crippen LogP contribution in [0.4, 0.5) is 17.2 Å². The predicted molar refractivity (Wildman–Crippen MR) is 93.3 cm³/mol. The molecule has 0 aliphatic carbocycles. The Hall–Kier alpha value is -2.14. The molecule has 4 nitrogen and oxygen atoms in total. The van der Waals surface area contributed by atoms with Crippen LogP contribution in [0.3, 0.4) is 0 Å². The molecule has 0 atom stereocenters. The molecule has 0 unspecified atom stereocenters. The van der Waals surface area contributed by atoms with E-state index in [1.165, 1.54) is 37.2 Å². The first-order valence-electron chi connectivity index (χ1n) is 7.62. The minimum absolute atomic E-state index is 0.878. The zero-order valence-electron chi connectivity index (χ0n) is 12.5. The topological polar surface area (TPSA) is 41.0 Å². The number of thiophene rings is 1. The molecule has 3 aromatic rings. The normalized spacial score (nSPS) is 14.7. The van der Waals surface area contributed by atoms with E-state index in [0.717, 1.165) is 21.7 Å². The van der Waals surface area contributed by atoms with Crippen molar-refractivity contribution in [1.82, 2.24) is 9.97 Å². The number of hydrogen-bond acceptors (Lipinski definition) is 5. The van der Waals surface area contributed by atoms with Crippen LogP contribution in [0.25, 0.3) is 10.2 Å². The number of rotatable bonds is 3. The molecule has 0 amide bonds. The van der Waals surface area contributed by atoms with Crippen molar-refractivity contribution in [2.75, 3.05) is 23.3 Å². The van der Waals surface area contributed by atoms with Crippen molar-refractivity contribution in [1.29, 1.82) is 0 Å². The zero-order chi connectivity index (χ0) is 14.9. The molecule has 112 valence electrons. The van der Waals surface area contributed by atoms with Crippen LogP contribution in [0.5, 0.6) is 0 Å². The van der Waals surface area contributed by atoms with Gasteiger partial charge in [0, 0.05) is 24.5 Å². The van der Waals surface area contributed by atoms with E-state index in [0.29, 0.717) is 0 Å². The van der Waals surface area contributed by atoms with E-state index in [2.05, 4.69) is 51.4 Å². The first-order chi connectivity index (χ1) is 10.8. The molecule has 1 aromatic carbocycles. The number of hydrogen-bond donors (Lipinski definition) is 1. The van der Waals surface area contributed by atoms with Crippen molar-refractivity contribution >= 4 is 38.7 Å². The van der Waals surface area contributed by atoms with Crippen molar-refractivity contribution in [2.45, 2.75) is 19.8 Å². The molecule has 0 bridgehead atoms. The number of fused-ring (bicyclic) bond motifs is 1. The molecule has 0 saturated carbocycles. The molecule has 1 N–H and O–H groups in total. The minimum Gasteiger partial charge on any atom is -0.372 e. The van der Waals surface area contributed by atoms with E-state index in [4.69, 9.17) is 0 Å². The second-order valence-electron chi connectivity index (χ2n) is 5.68. The van der Waals surface area contributed by atoms with Gasteiger partial charge in [0.05, 0.1) is 5.39 Å². The molecule has 4 rings (SSSR count). The molecule has 5 heteroatoms. The fourth-order valence-corrected chi connectivity index (χ4v) is 3.71. The van der Waals surface area contributed by atoms with Crippen molar-refractivity contribution in [3.8, 4) is 0 Å². The molecule has 3 heterocycles. The molecule has 2 aromatic heterocycles. The van der Waals surface area contributed by atoms with E-state index in [-0.39, 0.29) is 0 Å². The van der Waals surface area contributed by atoms with Gasteiger partial charge in [0.1, 0.15) is 17.0 Å². The third-order valence-electron chi connectivity index (χ3n) is 4.20. The average molecular weight is 310 g/mol. The van der Waals surface area contributed by atoms with Crippen LogP contribution in [-0.4, -0.2) is 23.1 Å². The zero-order valence-corrected chi connectivity index (χ0v) is 13.4. The largest absolute Gasteiger partial charge is 0.372 e. The van der Waals surface area contributed by atoms with Gasteiger partial charge in [0.2, 0.25) is 0 Å². The summed E-state index contributed by atoms with van der Waals surface area (Å²) in [6, 6.07) is 8.69. The van der Waals surface area contributed by atoms with Gasteiger partial charge < -0.3 is 10.2 Å². The molecular formula is C17H18N4S. The summed E-state index contributed by atoms with van der Waals surface area (Å²) in [5.41, 5.74) is 3.67. The van der Waals surface area contributed by atoms with E-state index < -0.39 is 0 Å². The van der Waals surface area contributed by atoms with E-state index >= 15 is 0 Å². The molecule has 1 aliphatic rings. The second kappa shape index (κ2) is 5.57. The molecule has 1 aliphatic heterocycles. The Kier molecular flexibility index (Phi) is 3.42. The highest BCUT2D eigenvalue weighted by molar-refractivity contribution is 7.16. The van der Waals surface area contributed by atoms with Gasteiger partial charge in [0.15, 0.2) is 0 Å². The lowest BCUT2D eigenvalue weighted by molar-refractivity contribution is 0.949. The maximum Gasteiger partial charge on any atom is 0.142 e. The number of anilines is 3. The Morgan fingerprint density at radius 3 is 2.82 bits per heavy atom. The molecule has 1 saturated heterocycles. The van der Waals surface area contributed by atoms with Crippen molar-refractivity contribution in [3.63, 3.8) is 0 Å². The first-order valence-corrected chi connectivity index (χ1v) is 8.50. The predicted octanol–water partition coefficient (Wildman–Crippen LogP) is 4.34. The summed E-state index contributed by atoms with van der Waals surface area (Å²) in [5.74, 6) is 0.878. The Bertz CT molecular complexity index is 805. The molecular weight excluding hydrogens is 292 g/mol. The van der Waals surface area contributed by atoms with E-state index in [9.17, 15) is 0 Å². The lowest BCUT2D eigenvalue weighted by atomic mass is 10.1. The lowest BCUT2D eigenvalue weighted by Crippen LogP contribution is -2.17. The maximum atomic E-state index is 4.39. The van der Waals surface area contributed by atoms with Crippen LogP contribution in [-0.2, 0) is 0 Å². The summed E-state index contributed by atoms with van der Waals surface area (Å²) in [7, 11) is 0. The third-order valence-corrected chi connectivity index (χ3v) is 5.02. The smallest absolute Gasteiger partial charge is 0.142 e. The Labute approximate surface area is 133 Å². The average Bonchev–Trinajstić information content (AvgIpc) is 3.20. The molecule has 22 heavy (non-hydrogen) atoms. The fraction of sp³-hybridized carbons (Fsp3) is 0.294. The van der Waals surface area contributed by atoms with Gasteiger partial charge in [-0.1, -0.05) is 0 Å². The molecule has 0 spiro atoms. The Morgan fingerprint density at radius 2 is 2.00 bits per heavy atom. The summed E-state index contributed by atoms with van der Waals surface area (Å²) in [4.78, 5) is 12.2. The second-order valence-corrected chi connectivity index (χ2v) is 6.57. The number of aryl methyl sites for hydroxylation is 1. The number of aromatic nitrogens is 2. The van der Waals surface area contributed by atoms with Gasteiger partial charge in [-0.3, -0.25) is 0 Å². The summed E-state index contributed by atoms with van der Waals surface area (Å²) in [6.07, 6.45) is 4.22. The van der Waals surface area contributed by atoms with Gasteiger partial charge in [-0.05, 0) is 55.0 Å². The lowest BCUT2D eigenvalue weighted by Gasteiger charge is -2.19. The van der Waals surface area contributed by atoms with Gasteiger partial charge in [0.25, 0.3) is 0 Å². The first kappa shape index (κ1) is 13.5. The van der Waals surface area contributed by atoms with Gasteiger partial charge >= 0.3 is 0 Å². The quantitative estimate of drug-likeness (QED) is 0.781. The van der Waals surface area contributed by atoms with E-state index in [1.54, 1.807) is 17.7 Å². The Balaban J connectivity index is 1.64. The highest BCUT2D eigenvalue weighted by Gasteiger charge is 2.13. The number of benzene rings is 1. The van der Waals surface area contributed by atoms with Gasteiger partial charge in [-0.25, -0.2) is 9.97 Å². The summed E-state index contributed by atoms with van der Waals surface area (Å²) in [5, 5.41) is 6.58. The monoisotopic (exact) mass is 310 g/mol. The van der Waals surface area contributed by atoms with Crippen LogP contribution in [0.15, 0.2) is 36.0 Å². The van der Waals surface area contributed by atoms with Crippen molar-refractivity contribution in [3.05, 3.63) is 41.5 Å². The summed E-state index contributed by atoms with van der Waals surface area (Å²) in [6.45, 7) is 4.50. The summed E-state index contributed by atoms with van der Waals surface area (Å²) >= 11 is 1.64.